The van der Waals surface area contributed by atoms with Crippen molar-refractivity contribution in [2.45, 2.75) is 0 Å². The number of aldehydes is 1. The van der Waals surface area contributed by atoms with Crippen molar-refractivity contribution in [3.05, 3.63) is 12.2 Å². The van der Waals surface area contributed by atoms with Crippen LogP contribution >= 0.6 is 0 Å². The number of rotatable bonds is 2. The molecule has 0 heterocycles. The first-order chi connectivity index (χ1) is 3.81. The van der Waals surface area contributed by atoms with E-state index in [1.54, 1.807) is 0 Å². The molecule has 0 aliphatic rings. The van der Waals surface area contributed by atoms with Crippen LogP contribution in [0.1, 0.15) is 0 Å². The van der Waals surface area contributed by atoms with E-state index in [0.29, 0.717) is 6.29 Å². The molecular formula is C4H5NO3. The molecule has 0 aliphatic heterocycles. The van der Waals surface area contributed by atoms with E-state index in [1.165, 1.54) is 5.48 Å². The number of nitrogens with one attached hydrogen (secondary N) is 1. The minimum absolute atomic E-state index is 0.440. The molecule has 0 saturated carbocycles. The Bertz CT molecular complexity index is 118. The molecule has 8 heavy (non-hydrogen) atoms. The summed E-state index contributed by atoms with van der Waals surface area (Å²) in [6, 6.07) is 0. The Morgan fingerprint density at radius 1 is 1.62 bits per heavy atom. The second-order valence-corrected chi connectivity index (χ2v) is 0.971. The van der Waals surface area contributed by atoms with Crippen LogP contribution in [0.4, 0.5) is 0 Å². The monoisotopic (exact) mass is 115 g/mol. The summed E-state index contributed by atoms with van der Waals surface area (Å²) in [7, 11) is 0. The van der Waals surface area contributed by atoms with Gasteiger partial charge in [-0.25, -0.2) is 5.48 Å². The summed E-state index contributed by atoms with van der Waals surface area (Å²) >= 11 is 0. The Labute approximate surface area is 45.8 Å². The van der Waals surface area contributed by atoms with Crippen molar-refractivity contribution in [3.8, 4) is 0 Å². The van der Waals surface area contributed by atoms with Crippen molar-refractivity contribution in [2.75, 3.05) is 0 Å². The van der Waals surface area contributed by atoms with Crippen LogP contribution in [0.2, 0.25) is 0 Å². The standard InChI is InChI=1S/C4H5NO3/c6-3-1-2-4(7)5-8/h1-3,8H,(H,5,7)/b2-1-. The number of carbonyl (C=O) groups is 2. The fourth-order valence-electron chi connectivity index (χ4n) is 0.164. The van der Waals surface area contributed by atoms with Crippen LogP contribution in [-0.4, -0.2) is 17.4 Å². The Morgan fingerprint density at radius 3 is 2.62 bits per heavy atom. The van der Waals surface area contributed by atoms with E-state index in [9.17, 15) is 9.59 Å². The molecule has 2 N–H and O–H groups in total. The number of amides is 1. The predicted octanol–water partition coefficient (Wildman–Crippen LogP) is -0.753. The molecule has 0 aromatic carbocycles. The number of hydrogen-bond acceptors (Lipinski definition) is 3. The molecule has 0 aromatic heterocycles. The molecule has 1 amide bonds. The molecule has 44 valence electrons. The largest absolute Gasteiger partial charge is 0.299 e. The normalized spacial score (nSPS) is 9.12. The smallest absolute Gasteiger partial charge is 0.267 e. The van der Waals surface area contributed by atoms with Gasteiger partial charge in [-0.05, 0) is 6.08 Å². The van der Waals surface area contributed by atoms with Crippen molar-refractivity contribution in [1.82, 2.24) is 5.48 Å². The molecule has 0 unspecified atom stereocenters. The van der Waals surface area contributed by atoms with Crippen molar-refractivity contribution < 1.29 is 14.8 Å². The zero-order chi connectivity index (χ0) is 6.41. The summed E-state index contributed by atoms with van der Waals surface area (Å²) in [5, 5.41) is 7.79. The van der Waals surface area contributed by atoms with Gasteiger partial charge in [-0.2, -0.15) is 0 Å². The first kappa shape index (κ1) is 6.84. The molecule has 0 aromatic rings. The van der Waals surface area contributed by atoms with Gasteiger partial charge in [0.25, 0.3) is 5.91 Å². The molecule has 0 fully saturated rings. The molecule has 4 heteroatoms. The van der Waals surface area contributed by atoms with Crippen LogP contribution in [0.25, 0.3) is 0 Å². The fourth-order valence-corrected chi connectivity index (χ4v) is 0.164. The summed E-state index contributed by atoms with van der Waals surface area (Å²) in [4.78, 5) is 19.4. The Kier molecular flexibility index (Phi) is 3.43. The lowest BCUT2D eigenvalue weighted by atomic mass is 10.5. The topological polar surface area (TPSA) is 66.4 Å². The molecule has 4 nitrogen and oxygen atoms in total. The lowest BCUT2D eigenvalue weighted by Gasteiger charge is -1.82. The van der Waals surface area contributed by atoms with E-state index in [4.69, 9.17) is 5.21 Å². The van der Waals surface area contributed by atoms with Crippen molar-refractivity contribution in [2.24, 2.45) is 0 Å². The van der Waals surface area contributed by atoms with Crippen LogP contribution in [0.15, 0.2) is 12.2 Å². The van der Waals surface area contributed by atoms with Crippen LogP contribution < -0.4 is 5.48 Å². The van der Waals surface area contributed by atoms with E-state index in [0.717, 1.165) is 12.2 Å². The second-order valence-electron chi connectivity index (χ2n) is 0.971. The number of carbonyl (C=O) groups excluding carboxylic acids is 2. The fraction of sp³-hybridized carbons (Fsp3) is 0. The molecule has 0 spiro atoms. The SMILES string of the molecule is O=C/C=C\C(=O)NO. The predicted molar refractivity (Wildman–Crippen MR) is 25.1 cm³/mol. The summed E-state index contributed by atoms with van der Waals surface area (Å²) in [5.41, 5.74) is 1.32. The number of hydrogen-bond donors (Lipinski definition) is 2. The van der Waals surface area contributed by atoms with E-state index in [2.05, 4.69) is 0 Å². The highest BCUT2D eigenvalue weighted by molar-refractivity contribution is 5.89. The number of allylic oxidation sites excluding steroid dienone is 1. The number of hydroxylamine groups is 1. The van der Waals surface area contributed by atoms with Crippen LogP contribution in [0, 0.1) is 0 Å². The first-order valence-electron chi connectivity index (χ1n) is 1.87. The van der Waals surface area contributed by atoms with Gasteiger partial charge >= 0.3 is 0 Å². The van der Waals surface area contributed by atoms with E-state index < -0.39 is 5.91 Å². The summed E-state index contributed by atoms with van der Waals surface area (Å²) in [6.45, 7) is 0. The summed E-state index contributed by atoms with van der Waals surface area (Å²) in [5.74, 6) is -0.711. The summed E-state index contributed by atoms with van der Waals surface area (Å²) in [6.07, 6.45) is 2.33. The van der Waals surface area contributed by atoms with Gasteiger partial charge in [-0.15, -0.1) is 0 Å². The second kappa shape index (κ2) is 4.01. The van der Waals surface area contributed by atoms with Gasteiger partial charge in [0.15, 0.2) is 0 Å². The van der Waals surface area contributed by atoms with Gasteiger partial charge in [0.2, 0.25) is 0 Å². The zero-order valence-corrected chi connectivity index (χ0v) is 4.00. The van der Waals surface area contributed by atoms with E-state index >= 15 is 0 Å². The van der Waals surface area contributed by atoms with Gasteiger partial charge in [0.05, 0.1) is 0 Å². The lowest BCUT2D eigenvalue weighted by molar-refractivity contribution is -0.124. The average molecular weight is 115 g/mol. The summed E-state index contributed by atoms with van der Waals surface area (Å²) < 4.78 is 0. The maximum absolute atomic E-state index is 9.96. The van der Waals surface area contributed by atoms with Gasteiger partial charge in [0, 0.05) is 6.08 Å². The van der Waals surface area contributed by atoms with Crippen LogP contribution in [0.5, 0.6) is 0 Å². The zero-order valence-electron chi connectivity index (χ0n) is 4.00. The van der Waals surface area contributed by atoms with Gasteiger partial charge in [0.1, 0.15) is 6.29 Å². The Morgan fingerprint density at radius 2 is 2.25 bits per heavy atom. The Balaban J connectivity index is 3.52. The van der Waals surface area contributed by atoms with Crippen molar-refractivity contribution in [3.63, 3.8) is 0 Å². The third kappa shape index (κ3) is 3.05. The highest BCUT2D eigenvalue weighted by atomic mass is 16.5. The maximum atomic E-state index is 9.96. The highest BCUT2D eigenvalue weighted by Gasteiger charge is 1.84. The van der Waals surface area contributed by atoms with Gasteiger partial charge < -0.3 is 0 Å². The molecular weight excluding hydrogens is 110 g/mol. The minimum Gasteiger partial charge on any atom is -0.299 e. The van der Waals surface area contributed by atoms with Crippen LogP contribution in [-0.2, 0) is 9.59 Å². The molecule has 0 bridgehead atoms. The molecule has 0 aliphatic carbocycles. The van der Waals surface area contributed by atoms with Crippen LogP contribution in [0.3, 0.4) is 0 Å². The third-order valence-corrected chi connectivity index (χ3v) is 0.436. The van der Waals surface area contributed by atoms with Crippen molar-refractivity contribution >= 4 is 12.2 Å². The molecule has 0 rings (SSSR count). The minimum atomic E-state index is -0.711. The lowest BCUT2D eigenvalue weighted by Crippen LogP contribution is -2.14. The average Bonchev–Trinajstić information content (AvgIpc) is 1.83. The van der Waals surface area contributed by atoms with Gasteiger partial charge in [-0.1, -0.05) is 0 Å². The molecule has 0 radical (unpaired) electrons. The highest BCUT2D eigenvalue weighted by Crippen LogP contribution is 1.64. The third-order valence-electron chi connectivity index (χ3n) is 0.436. The van der Waals surface area contributed by atoms with E-state index in [-0.39, 0.29) is 0 Å². The van der Waals surface area contributed by atoms with Crippen molar-refractivity contribution in [1.29, 1.82) is 0 Å². The van der Waals surface area contributed by atoms with Gasteiger partial charge in [-0.3, -0.25) is 14.8 Å². The quantitative estimate of drug-likeness (QED) is 0.215. The first-order valence-corrected chi connectivity index (χ1v) is 1.87. The molecule has 0 saturated heterocycles. The van der Waals surface area contributed by atoms with E-state index in [1.807, 2.05) is 0 Å². The maximum Gasteiger partial charge on any atom is 0.267 e. The molecule has 0 atom stereocenters. The Hall–Kier alpha value is -1.16.